The van der Waals surface area contributed by atoms with E-state index in [0.29, 0.717) is 13.1 Å². The van der Waals surface area contributed by atoms with Gasteiger partial charge in [-0.05, 0) is 6.92 Å². The van der Waals surface area contributed by atoms with Crippen LogP contribution in [0.15, 0.2) is 30.3 Å². The van der Waals surface area contributed by atoms with E-state index in [1.54, 1.807) is 14.2 Å². The summed E-state index contributed by atoms with van der Waals surface area (Å²) in [4.78, 5) is 0. The minimum absolute atomic E-state index is 0.180. The molecule has 0 heterocycles. The Bertz CT molecular complexity index is 333. The van der Waals surface area contributed by atoms with Gasteiger partial charge in [0.25, 0.3) is 0 Å². The third-order valence-corrected chi connectivity index (χ3v) is 5.35. The highest BCUT2D eigenvalue weighted by Gasteiger charge is 2.43. The van der Waals surface area contributed by atoms with Crippen molar-refractivity contribution < 1.29 is 13.3 Å². The second kappa shape index (κ2) is 7.62. The summed E-state index contributed by atoms with van der Waals surface area (Å²) in [6, 6.07) is 9.74. The lowest BCUT2D eigenvalue weighted by Crippen LogP contribution is -2.58. The van der Waals surface area contributed by atoms with Crippen LogP contribution >= 0.6 is 0 Å². The molecule has 0 aliphatic rings. The van der Waals surface area contributed by atoms with Gasteiger partial charge >= 0.3 is 8.80 Å². The summed E-state index contributed by atoms with van der Waals surface area (Å²) in [6.07, 6.45) is -0.180. The highest BCUT2D eigenvalue weighted by atomic mass is 28.4. The molecule has 1 aromatic carbocycles. The Morgan fingerprint density at radius 2 is 1.83 bits per heavy atom. The summed E-state index contributed by atoms with van der Waals surface area (Å²) in [5, 5.41) is 4.09. The molecule has 5 nitrogen and oxygen atoms in total. The summed E-state index contributed by atoms with van der Waals surface area (Å²) in [7, 11) is 0.383. The quantitative estimate of drug-likeness (QED) is 0.516. The zero-order chi connectivity index (χ0) is 13.4. The smallest absolute Gasteiger partial charge is 0.373 e. The van der Waals surface area contributed by atoms with Crippen LogP contribution in [0.3, 0.4) is 0 Å². The van der Waals surface area contributed by atoms with E-state index in [2.05, 4.69) is 5.32 Å². The Kier molecular flexibility index (Phi) is 6.48. The van der Waals surface area contributed by atoms with Crippen LogP contribution in [0.2, 0.25) is 0 Å². The SMILES string of the molecule is CO[Si](OC)(OC(C)NCCN)c1ccccc1. The molecule has 0 spiro atoms. The highest BCUT2D eigenvalue weighted by molar-refractivity contribution is 6.75. The monoisotopic (exact) mass is 270 g/mol. The van der Waals surface area contributed by atoms with Gasteiger partial charge in [-0.2, -0.15) is 0 Å². The Hall–Kier alpha value is -0.763. The van der Waals surface area contributed by atoms with Gasteiger partial charge in [0.15, 0.2) is 0 Å². The fourth-order valence-corrected chi connectivity index (χ4v) is 3.80. The van der Waals surface area contributed by atoms with Crippen molar-refractivity contribution in [2.24, 2.45) is 5.73 Å². The third kappa shape index (κ3) is 3.87. The van der Waals surface area contributed by atoms with Crippen LogP contribution in [0, 0.1) is 0 Å². The van der Waals surface area contributed by atoms with Gasteiger partial charge in [0.1, 0.15) is 0 Å². The van der Waals surface area contributed by atoms with Crippen molar-refractivity contribution in [2.45, 2.75) is 13.2 Å². The van der Waals surface area contributed by atoms with Gasteiger partial charge in [0, 0.05) is 32.5 Å². The maximum absolute atomic E-state index is 5.95. The lowest BCUT2D eigenvalue weighted by atomic mass is 10.4. The van der Waals surface area contributed by atoms with Gasteiger partial charge < -0.3 is 19.0 Å². The molecule has 6 heteroatoms. The molecule has 0 aliphatic carbocycles. The molecular weight excluding hydrogens is 248 g/mol. The van der Waals surface area contributed by atoms with Gasteiger partial charge in [-0.1, -0.05) is 30.3 Å². The van der Waals surface area contributed by atoms with Crippen LogP contribution in [0.25, 0.3) is 0 Å². The number of hydrogen-bond acceptors (Lipinski definition) is 5. The molecule has 0 saturated heterocycles. The molecule has 1 unspecified atom stereocenters. The van der Waals surface area contributed by atoms with Gasteiger partial charge in [-0.25, -0.2) is 0 Å². The lowest BCUT2D eigenvalue weighted by molar-refractivity contribution is 0.0608. The van der Waals surface area contributed by atoms with E-state index in [-0.39, 0.29) is 6.23 Å². The van der Waals surface area contributed by atoms with E-state index in [1.165, 1.54) is 0 Å². The zero-order valence-corrected chi connectivity index (χ0v) is 12.2. The van der Waals surface area contributed by atoms with Gasteiger partial charge in [-0.15, -0.1) is 0 Å². The van der Waals surface area contributed by atoms with Gasteiger partial charge in [0.2, 0.25) is 0 Å². The molecule has 1 atom stereocenters. The van der Waals surface area contributed by atoms with Crippen LogP contribution in [-0.2, 0) is 13.3 Å². The fraction of sp³-hybridized carbons (Fsp3) is 0.500. The normalized spacial score (nSPS) is 13.6. The topological polar surface area (TPSA) is 65.7 Å². The van der Waals surface area contributed by atoms with E-state index < -0.39 is 8.80 Å². The van der Waals surface area contributed by atoms with E-state index in [0.717, 1.165) is 5.19 Å². The fourth-order valence-electron chi connectivity index (χ4n) is 1.69. The van der Waals surface area contributed by atoms with Crippen molar-refractivity contribution in [2.75, 3.05) is 27.3 Å². The predicted molar refractivity (Wildman–Crippen MR) is 73.5 cm³/mol. The minimum atomic E-state index is -2.84. The van der Waals surface area contributed by atoms with E-state index in [1.807, 2.05) is 37.3 Å². The van der Waals surface area contributed by atoms with Crippen molar-refractivity contribution in [1.82, 2.24) is 5.32 Å². The van der Waals surface area contributed by atoms with Crippen LogP contribution in [0.1, 0.15) is 6.92 Å². The van der Waals surface area contributed by atoms with Crippen molar-refractivity contribution >= 4 is 14.0 Å². The van der Waals surface area contributed by atoms with E-state index >= 15 is 0 Å². The predicted octanol–water partition coefficient (Wildman–Crippen LogP) is 0.0362. The molecule has 102 valence electrons. The largest absolute Gasteiger partial charge is 0.537 e. The second-order valence-electron chi connectivity index (χ2n) is 3.83. The molecule has 0 radical (unpaired) electrons. The molecular formula is C12H22N2O3Si. The first-order valence-electron chi connectivity index (χ1n) is 5.95. The average Bonchev–Trinajstić information content (AvgIpc) is 2.43. The molecule has 3 N–H and O–H groups in total. The van der Waals surface area contributed by atoms with E-state index in [4.69, 9.17) is 19.0 Å². The molecule has 0 saturated carbocycles. The number of nitrogens with two attached hydrogens (primary N) is 1. The number of benzene rings is 1. The Balaban J connectivity index is 2.81. The van der Waals surface area contributed by atoms with Crippen molar-refractivity contribution in [3.05, 3.63) is 30.3 Å². The number of hydrogen-bond donors (Lipinski definition) is 2. The number of nitrogens with one attached hydrogen (secondary N) is 1. The van der Waals surface area contributed by atoms with Crippen LogP contribution in [0.4, 0.5) is 0 Å². The van der Waals surface area contributed by atoms with Crippen molar-refractivity contribution in [1.29, 1.82) is 0 Å². The molecule has 0 aromatic heterocycles. The van der Waals surface area contributed by atoms with Crippen LogP contribution < -0.4 is 16.2 Å². The summed E-state index contributed by atoms with van der Waals surface area (Å²) >= 11 is 0. The molecule has 0 amide bonds. The lowest BCUT2D eigenvalue weighted by Gasteiger charge is -2.30. The van der Waals surface area contributed by atoms with Gasteiger partial charge in [-0.3, -0.25) is 5.32 Å². The first kappa shape index (κ1) is 15.3. The Morgan fingerprint density at radius 3 is 2.33 bits per heavy atom. The third-order valence-electron chi connectivity index (χ3n) is 2.57. The van der Waals surface area contributed by atoms with E-state index in [9.17, 15) is 0 Å². The molecule has 1 aromatic rings. The molecule has 18 heavy (non-hydrogen) atoms. The summed E-state index contributed by atoms with van der Waals surface area (Å²) in [6.45, 7) is 3.17. The minimum Gasteiger partial charge on any atom is -0.373 e. The molecule has 0 aliphatic heterocycles. The first-order chi connectivity index (χ1) is 8.68. The maximum atomic E-state index is 5.95. The van der Waals surface area contributed by atoms with Gasteiger partial charge in [0.05, 0.1) is 6.23 Å². The molecule has 1 rings (SSSR count). The highest BCUT2D eigenvalue weighted by Crippen LogP contribution is 2.10. The Morgan fingerprint density at radius 1 is 1.22 bits per heavy atom. The number of rotatable bonds is 8. The van der Waals surface area contributed by atoms with Crippen molar-refractivity contribution in [3.63, 3.8) is 0 Å². The van der Waals surface area contributed by atoms with Crippen LogP contribution in [-0.4, -0.2) is 42.3 Å². The molecule has 0 bridgehead atoms. The average molecular weight is 270 g/mol. The van der Waals surface area contributed by atoms with Crippen molar-refractivity contribution in [3.8, 4) is 0 Å². The summed E-state index contributed by atoms with van der Waals surface area (Å²) in [5.41, 5.74) is 5.45. The molecule has 0 fully saturated rings. The van der Waals surface area contributed by atoms with Crippen LogP contribution in [0.5, 0.6) is 0 Å². The summed E-state index contributed by atoms with van der Waals surface area (Å²) in [5.74, 6) is 0. The standard InChI is InChI=1S/C12H22N2O3Si/c1-11(14-10-9-13)17-18(15-2,16-3)12-7-5-4-6-8-12/h4-8,11,14H,9-10,13H2,1-3H3. The zero-order valence-electron chi connectivity index (χ0n) is 11.2. The first-order valence-corrected chi connectivity index (χ1v) is 7.68. The maximum Gasteiger partial charge on any atom is 0.537 e. The summed E-state index contributed by atoms with van der Waals surface area (Å²) < 4.78 is 17.0. The Labute approximate surface area is 110 Å². The second-order valence-corrected chi connectivity index (χ2v) is 6.58.